The zero-order chi connectivity index (χ0) is 21.5. The van der Waals surface area contributed by atoms with E-state index in [0.29, 0.717) is 42.3 Å². The van der Waals surface area contributed by atoms with Gasteiger partial charge in [-0.25, -0.2) is 4.79 Å². The van der Waals surface area contributed by atoms with Crippen LogP contribution in [0.5, 0.6) is 17.2 Å². The molecule has 0 saturated carbocycles. The van der Waals surface area contributed by atoms with E-state index in [1.165, 1.54) is 7.11 Å². The lowest BCUT2D eigenvalue weighted by Crippen LogP contribution is -2.31. The van der Waals surface area contributed by atoms with E-state index in [9.17, 15) is 9.59 Å². The van der Waals surface area contributed by atoms with E-state index >= 15 is 0 Å². The minimum absolute atomic E-state index is 0.121. The molecule has 8 heteroatoms. The zero-order valence-corrected chi connectivity index (χ0v) is 17.2. The molecular formula is C23H21NO7. The molecule has 0 radical (unpaired) electrons. The van der Waals surface area contributed by atoms with Gasteiger partial charge in [-0.3, -0.25) is 9.69 Å². The Morgan fingerprint density at radius 2 is 1.90 bits per heavy atom. The average Bonchev–Trinajstić information content (AvgIpc) is 3.24. The first-order chi connectivity index (χ1) is 15.0. The highest BCUT2D eigenvalue weighted by molar-refractivity contribution is 5.87. The molecule has 0 bridgehead atoms. The normalized spacial score (nSPS) is 14.9. The number of carbonyl (C=O) groups is 1. The predicted molar refractivity (Wildman–Crippen MR) is 110 cm³/mol. The maximum absolute atomic E-state index is 12.6. The van der Waals surface area contributed by atoms with Crippen LogP contribution in [-0.2, 0) is 29.0 Å². The number of ether oxygens (including phenoxy) is 4. The van der Waals surface area contributed by atoms with Gasteiger partial charge in [0, 0.05) is 18.5 Å². The third-order valence-corrected chi connectivity index (χ3v) is 5.69. The number of benzene rings is 2. The Hall–Kier alpha value is -3.52. The number of fused-ring (bicyclic) bond motifs is 4. The lowest BCUT2D eigenvalue weighted by molar-refractivity contribution is -0.139. The molecule has 3 aromatic rings. The Bertz CT molecular complexity index is 1250. The Morgan fingerprint density at radius 3 is 2.74 bits per heavy atom. The van der Waals surface area contributed by atoms with E-state index in [1.807, 2.05) is 37.3 Å². The van der Waals surface area contributed by atoms with Gasteiger partial charge in [-0.05, 0) is 42.3 Å². The summed E-state index contributed by atoms with van der Waals surface area (Å²) in [4.78, 5) is 26.4. The number of esters is 1. The lowest BCUT2D eigenvalue weighted by Gasteiger charge is -2.29. The molecule has 2 aliphatic rings. The van der Waals surface area contributed by atoms with Crippen molar-refractivity contribution in [2.24, 2.45) is 0 Å². The third-order valence-electron chi connectivity index (χ3n) is 5.69. The van der Waals surface area contributed by atoms with Gasteiger partial charge < -0.3 is 23.4 Å². The van der Waals surface area contributed by atoms with E-state index in [-0.39, 0.29) is 13.2 Å². The van der Waals surface area contributed by atoms with Crippen molar-refractivity contribution in [1.82, 2.24) is 4.90 Å². The number of rotatable bonds is 4. The highest BCUT2D eigenvalue weighted by Gasteiger charge is 2.24. The van der Waals surface area contributed by atoms with Gasteiger partial charge in [-0.1, -0.05) is 6.07 Å². The second kappa shape index (κ2) is 7.63. The second-order valence-electron chi connectivity index (χ2n) is 7.61. The van der Waals surface area contributed by atoms with Gasteiger partial charge in [0.05, 0.1) is 24.7 Å². The number of aryl methyl sites for hydroxylation is 1. The monoisotopic (exact) mass is 423 g/mol. The van der Waals surface area contributed by atoms with E-state index < -0.39 is 11.6 Å². The van der Waals surface area contributed by atoms with Crippen molar-refractivity contribution in [1.29, 1.82) is 0 Å². The van der Waals surface area contributed by atoms with Crippen LogP contribution in [0.1, 0.15) is 22.3 Å². The molecular weight excluding hydrogens is 402 g/mol. The summed E-state index contributed by atoms with van der Waals surface area (Å²) in [6, 6.07) is 9.60. The summed E-state index contributed by atoms with van der Waals surface area (Å²) in [5.41, 5.74) is 2.87. The summed E-state index contributed by atoms with van der Waals surface area (Å²) < 4.78 is 27.1. The lowest BCUT2D eigenvalue weighted by atomic mass is 10.00. The summed E-state index contributed by atoms with van der Waals surface area (Å²) >= 11 is 0. The first-order valence-corrected chi connectivity index (χ1v) is 9.92. The highest BCUT2D eigenvalue weighted by atomic mass is 16.7. The smallest absolute Gasteiger partial charge is 0.340 e. The number of nitrogens with zero attached hydrogens (tertiary/aromatic N) is 1. The molecule has 160 valence electrons. The van der Waals surface area contributed by atoms with Crippen LogP contribution in [0.15, 0.2) is 39.5 Å². The van der Waals surface area contributed by atoms with Crippen molar-refractivity contribution in [3.63, 3.8) is 0 Å². The standard InChI is InChI=1S/C23H21NO7/c1-13-15-4-6-18-17(22(15)31-23(26)16(13)8-21(25)27-2)10-24(11-28-18)9-14-3-5-19-20(7-14)30-12-29-19/h3-7H,8-12H2,1-2H3. The largest absolute Gasteiger partial charge is 0.478 e. The molecule has 31 heavy (non-hydrogen) atoms. The molecule has 2 aliphatic heterocycles. The van der Waals surface area contributed by atoms with Crippen LogP contribution in [0.25, 0.3) is 11.0 Å². The number of carbonyl (C=O) groups excluding carboxylic acids is 1. The van der Waals surface area contributed by atoms with Crippen molar-refractivity contribution < 1.29 is 28.2 Å². The van der Waals surface area contributed by atoms with Gasteiger partial charge in [0.1, 0.15) is 18.1 Å². The Kier molecular flexibility index (Phi) is 4.78. The zero-order valence-electron chi connectivity index (χ0n) is 17.2. The van der Waals surface area contributed by atoms with Gasteiger partial charge in [0.2, 0.25) is 6.79 Å². The summed E-state index contributed by atoms with van der Waals surface area (Å²) in [5, 5.41) is 0.783. The summed E-state index contributed by atoms with van der Waals surface area (Å²) in [5.74, 6) is 1.69. The minimum Gasteiger partial charge on any atom is -0.478 e. The highest BCUT2D eigenvalue weighted by Crippen LogP contribution is 2.36. The van der Waals surface area contributed by atoms with Crippen molar-refractivity contribution in [2.45, 2.75) is 26.4 Å². The molecule has 5 rings (SSSR count). The van der Waals surface area contributed by atoms with Crippen LogP contribution >= 0.6 is 0 Å². The first kappa shape index (κ1) is 19.4. The van der Waals surface area contributed by atoms with Crippen molar-refractivity contribution in [3.8, 4) is 17.2 Å². The third kappa shape index (κ3) is 3.48. The molecule has 0 amide bonds. The van der Waals surface area contributed by atoms with Gasteiger partial charge in [-0.2, -0.15) is 0 Å². The Morgan fingerprint density at radius 1 is 1.10 bits per heavy atom. The molecule has 0 atom stereocenters. The van der Waals surface area contributed by atoms with E-state index in [2.05, 4.69) is 4.90 Å². The number of hydrogen-bond donors (Lipinski definition) is 0. The molecule has 3 heterocycles. The summed E-state index contributed by atoms with van der Waals surface area (Å²) in [6.45, 7) is 3.66. The van der Waals surface area contributed by atoms with Crippen LogP contribution in [0.4, 0.5) is 0 Å². The SMILES string of the molecule is COC(=O)Cc1c(C)c2ccc3c(c2oc1=O)CN(Cc1ccc2c(c1)OCO2)CO3. The molecule has 0 saturated heterocycles. The van der Waals surface area contributed by atoms with Crippen LogP contribution in [-0.4, -0.2) is 31.5 Å². The fourth-order valence-electron chi connectivity index (χ4n) is 4.03. The molecule has 2 aromatic carbocycles. The molecule has 1 aromatic heterocycles. The van der Waals surface area contributed by atoms with Crippen molar-refractivity contribution in [3.05, 3.63) is 63.0 Å². The Balaban J connectivity index is 1.47. The number of methoxy groups -OCH3 is 1. The molecule has 0 spiro atoms. The van der Waals surface area contributed by atoms with Crippen LogP contribution in [0.3, 0.4) is 0 Å². The van der Waals surface area contributed by atoms with E-state index in [0.717, 1.165) is 28.0 Å². The molecule has 0 N–H and O–H groups in total. The minimum atomic E-state index is -0.531. The van der Waals surface area contributed by atoms with Gasteiger partial charge in [-0.15, -0.1) is 0 Å². The van der Waals surface area contributed by atoms with Crippen LogP contribution in [0, 0.1) is 6.92 Å². The van der Waals surface area contributed by atoms with Crippen molar-refractivity contribution in [2.75, 3.05) is 20.6 Å². The summed E-state index contributed by atoms with van der Waals surface area (Å²) in [7, 11) is 1.29. The average molecular weight is 423 g/mol. The molecule has 0 unspecified atom stereocenters. The quantitative estimate of drug-likeness (QED) is 0.468. The van der Waals surface area contributed by atoms with Gasteiger partial charge in [0.25, 0.3) is 0 Å². The predicted octanol–water partition coefficient (Wildman–Crippen LogP) is 2.90. The van der Waals surface area contributed by atoms with Gasteiger partial charge in [0.15, 0.2) is 11.5 Å². The molecule has 0 fully saturated rings. The maximum atomic E-state index is 12.6. The van der Waals surface area contributed by atoms with Crippen LogP contribution in [0.2, 0.25) is 0 Å². The van der Waals surface area contributed by atoms with Crippen LogP contribution < -0.4 is 19.8 Å². The molecule has 8 nitrogen and oxygen atoms in total. The maximum Gasteiger partial charge on any atom is 0.340 e. The molecule has 0 aliphatic carbocycles. The second-order valence-corrected chi connectivity index (χ2v) is 7.61. The van der Waals surface area contributed by atoms with Crippen molar-refractivity contribution >= 4 is 16.9 Å². The first-order valence-electron chi connectivity index (χ1n) is 9.92. The summed E-state index contributed by atoms with van der Waals surface area (Å²) in [6.07, 6.45) is -0.121. The fraction of sp³-hybridized carbons (Fsp3) is 0.304. The fourth-order valence-corrected chi connectivity index (χ4v) is 4.03. The topological polar surface area (TPSA) is 87.4 Å². The van der Waals surface area contributed by atoms with Gasteiger partial charge >= 0.3 is 11.6 Å². The van der Waals surface area contributed by atoms with E-state index in [1.54, 1.807) is 0 Å². The number of hydrogen-bond acceptors (Lipinski definition) is 8. The Labute approximate surface area is 177 Å². The van der Waals surface area contributed by atoms with E-state index in [4.69, 9.17) is 23.4 Å².